The first-order valence-electron chi connectivity index (χ1n) is 20.1. The van der Waals surface area contributed by atoms with Gasteiger partial charge in [0.15, 0.2) is 0 Å². The van der Waals surface area contributed by atoms with Gasteiger partial charge in [0, 0.05) is 46.3 Å². The second kappa shape index (κ2) is 14.6. The molecule has 0 radical (unpaired) electrons. The van der Waals surface area contributed by atoms with Gasteiger partial charge in [-0.1, -0.05) is 106 Å². The predicted octanol–water partition coefficient (Wildman–Crippen LogP) is 13.2. The number of pyridine rings is 1. The van der Waals surface area contributed by atoms with Crippen LogP contribution in [0.25, 0.3) is 33.3 Å². The summed E-state index contributed by atoms with van der Waals surface area (Å²) in [5.74, 6) is 4.63. The Balaban J connectivity index is 1.36. The van der Waals surface area contributed by atoms with Crippen molar-refractivity contribution in [3.05, 3.63) is 119 Å². The number of aromatic nitrogens is 4. The Morgan fingerprint density at radius 2 is 1.60 bits per heavy atom. The summed E-state index contributed by atoms with van der Waals surface area (Å²) in [6, 6.07) is 26.1. The van der Waals surface area contributed by atoms with Crippen molar-refractivity contribution in [2.45, 2.75) is 119 Å². The maximum atomic E-state index is 6.88. The number of ether oxygens (including phenoxy) is 1. The van der Waals surface area contributed by atoms with E-state index in [1.807, 2.05) is 6.20 Å². The molecule has 0 aliphatic heterocycles. The van der Waals surface area contributed by atoms with Gasteiger partial charge in [0.05, 0.1) is 22.4 Å². The van der Waals surface area contributed by atoms with Crippen LogP contribution in [0.2, 0.25) is 0 Å². The summed E-state index contributed by atoms with van der Waals surface area (Å²) in [5, 5.41) is 7.81. The molecule has 5 heteroatoms. The molecule has 0 bridgehead atoms. The van der Waals surface area contributed by atoms with Crippen molar-refractivity contribution < 1.29 is 4.74 Å². The number of allylic oxidation sites excluding steroid dienone is 2. The van der Waals surface area contributed by atoms with Crippen LogP contribution in [0, 0.1) is 11.8 Å². The lowest BCUT2D eigenvalue weighted by atomic mass is 9.69. The van der Waals surface area contributed by atoms with Gasteiger partial charge < -0.3 is 4.74 Å². The summed E-state index contributed by atoms with van der Waals surface area (Å²) in [7, 11) is 0. The molecule has 3 heterocycles. The SMILES string of the molecule is CCC1=C[C@H](C)CC(CC)[C@H]1c1c(CC)nn(-c2cc(Oc3ccc4c5ccccc5n(-c5cc(C(C)C)ccn5)c4c3)cc(C(C)(C)C)c2)c1CC. The summed E-state index contributed by atoms with van der Waals surface area (Å²) in [6.07, 6.45) is 9.84. The van der Waals surface area contributed by atoms with Crippen LogP contribution in [0.1, 0.15) is 128 Å². The average molecular weight is 707 g/mol. The van der Waals surface area contributed by atoms with E-state index in [2.05, 4.69) is 157 Å². The Bertz CT molecular complexity index is 2290. The second-order valence-electron chi connectivity index (χ2n) is 16.6. The molecule has 0 saturated heterocycles. The number of aryl methyl sites for hydroxylation is 1. The Labute approximate surface area is 317 Å². The Morgan fingerprint density at radius 3 is 2.30 bits per heavy atom. The number of para-hydroxylation sites is 1. The normalized spacial score (nSPS) is 17.9. The van der Waals surface area contributed by atoms with E-state index in [0.29, 0.717) is 23.7 Å². The molecule has 276 valence electrons. The van der Waals surface area contributed by atoms with Crippen molar-refractivity contribution in [2.75, 3.05) is 0 Å². The van der Waals surface area contributed by atoms with Crippen molar-refractivity contribution in [1.29, 1.82) is 0 Å². The molecule has 3 atom stereocenters. The molecule has 1 aliphatic carbocycles. The molecular weight excluding hydrogens is 649 g/mol. The van der Waals surface area contributed by atoms with Crippen molar-refractivity contribution in [1.82, 2.24) is 19.3 Å². The number of benzene rings is 3. The van der Waals surface area contributed by atoms with E-state index in [1.54, 1.807) is 5.57 Å². The van der Waals surface area contributed by atoms with Crippen LogP contribution in [0.3, 0.4) is 0 Å². The monoisotopic (exact) mass is 706 g/mol. The number of hydrogen-bond donors (Lipinski definition) is 0. The van der Waals surface area contributed by atoms with Crippen molar-refractivity contribution in [3.8, 4) is 23.0 Å². The van der Waals surface area contributed by atoms with E-state index in [-0.39, 0.29) is 5.41 Å². The van der Waals surface area contributed by atoms with E-state index in [0.717, 1.165) is 53.3 Å². The molecule has 1 aliphatic rings. The molecule has 3 aromatic heterocycles. The number of rotatable bonds is 10. The third-order valence-corrected chi connectivity index (χ3v) is 11.6. The first kappa shape index (κ1) is 36.7. The number of nitrogens with zero attached hydrogens (tertiary/aromatic N) is 4. The zero-order valence-corrected chi connectivity index (χ0v) is 33.6. The van der Waals surface area contributed by atoms with E-state index in [1.165, 1.54) is 51.7 Å². The van der Waals surface area contributed by atoms with Gasteiger partial charge in [-0.3, -0.25) is 4.57 Å². The van der Waals surface area contributed by atoms with Gasteiger partial charge in [0.1, 0.15) is 17.3 Å². The third kappa shape index (κ3) is 6.84. The zero-order valence-electron chi connectivity index (χ0n) is 33.6. The molecule has 0 saturated carbocycles. The van der Waals surface area contributed by atoms with E-state index < -0.39 is 0 Å². The maximum absolute atomic E-state index is 6.88. The highest BCUT2D eigenvalue weighted by Crippen LogP contribution is 2.47. The molecule has 0 spiro atoms. The quantitative estimate of drug-likeness (QED) is 0.133. The fourth-order valence-corrected chi connectivity index (χ4v) is 8.81. The minimum absolute atomic E-state index is 0.0848. The molecule has 1 unspecified atom stereocenters. The Hall–Kier alpha value is -4.64. The second-order valence-corrected chi connectivity index (χ2v) is 16.6. The fraction of sp³-hybridized carbons (Fsp3) is 0.417. The zero-order chi connectivity index (χ0) is 37.6. The predicted molar refractivity (Wildman–Crippen MR) is 222 cm³/mol. The summed E-state index contributed by atoms with van der Waals surface area (Å²) in [5.41, 5.74) is 11.3. The fourth-order valence-electron chi connectivity index (χ4n) is 8.81. The van der Waals surface area contributed by atoms with Crippen molar-refractivity contribution >= 4 is 21.8 Å². The molecule has 0 fully saturated rings. The lowest BCUT2D eigenvalue weighted by molar-refractivity contribution is 0.346. The molecule has 3 aromatic carbocycles. The van der Waals surface area contributed by atoms with Crippen LogP contribution >= 0.6 is 0 Å². The molecule has 0 N–H and O–H groups in total. The van der Waals surface area contributed by atoms with Gasteiger partial charge in [-0.05, 0) is 102 Å². The van der Waals surface area contributed by atoms with Crippen LogP contribution in [-0.2, 0) is 18.3 Å². The van der Waals surface area contributed by atoms with Crippen LogP contribution in [0.15, 0.2) is 90.6 Å². The smallest absolute Gasteiger partial charge is 0.137 e. The van der Waals surface area contributed by atoms with Gasteiger partial charge in [0.2, 0.25) is 0 Å². The summed E-state index contributed by atoms with van der Waals surface area (Å²) in [4.78, 5) is 4.86. The molecule has 53 heavy (non-hydrogen) atoms. The van der Waals surface area contributed by atoms with Gasteiger partial charge in [0.25, 0.3) is 0 Å². The number of fused-ring (bicyclic) bond motifs is 3. The van der Waals surface area contributed by atoms with E-state index >= 15 is 0 Å². The number of hydrogen-bond acceptors (Lipinski definition) is 3. The van der Waals surface area contributed by atoms with Gasteiger partial charge in [-0.15, -0.1) is 0 Å². The molecular formula is C48H58N4O. The first-order valence-corrected chi connectivity index (χ1v) is 20.1. The highest BCUT2D eigenvalue weighted by molar-refractivity contribution is 6.09. The van der Waals surface area contributed by atoms with Crippen LogP contribution in [-0.4, -0.2) is 19.3 Å². The average Bonchev–Trinajstić information content (AvgIpc) is 3.69. The Morgan fingerprint density at radius 1 is 0.830 bits per heavy atom. The largest absolute Gasteiger partial charge is 0.457 e. The summed E-state index contributed by atoms with van der Waals surface area (Å²) < 4.78 is 11.4. The van der Waals surface area contributed by atoms with Crippen LogP contribution < -0.4 is 4.74 Å². The van der Waals surface area contributed by atoms with Crippen molar-refractivity contribution in [3.63, 3.8) is 0 Å². The van der Waals surface area contributed by atoms with Gasteiger partial charge >= 0.3 is 0 Å². The molecule has 7 rings (SSSR count). The first-order chi connectivity index (χ1) is 25.4. The van der Waals surface area contributed by atoms with Gasteiger partial charge in [-0.25, -0.2) is 9.67 Å². The maximum Gasteiger partial charge on any atom is 0.137 e. The van der Waals surface area contributed by atoms with Gasteiger partial charge in [-0.2, -0.15) is 5.10 Å². The summed E-state index contributed by atoms with van der Waals surface area (Å²) in [6.45, 7) is 22.9. The van der Waals surface area contributed by atoms with Crippen LogP contribution in [0.4, 0.5) is 0 Å². The third-order valence-electron chi connectivity index (χ3n) is 11.6. The minimum Gasteiger partial charge on any atom is -0.457 e. The topological polar surface area (TPSA) is 44.9 Å². The van der Waals surface area contributed by atoms with Crippen LogP contribution in [0.5, 0.6) is 11.5 Å². The van der Waals surface area contributed by atoms with Crippen molar-refractivity contribution in [2.24, 2.45) is 11.8 Å². The minimum atomic E-state index is -0.0848. The van der Waals surface area contributed by atoms with E-state index in [9.17, 15) is 0 Å². The lowest BCUT2D eigenvalue weighted by Gasteiger charge is -2.35. The Kier molecular flexibility index (Phi) is 10.1. The molecule has 5 nitrogen and oxygen atoms in total. The summed E-state index contributed by atoms with van der Waals surface area (Å²) >= 11 is 0. The molecule has 0 amide bonds. The highest BCUT2D eigenvalue weighted by atomic mass is 16.5. The lowest BCUT2D eigenvalue weighted by Crippen LogP contribution is -2.23. The molecule has 6 aromatic rings. The van der Waals surface area contributed by atoms with E-state index in [4.69, 9.17) is 14.8 Å². The highest BCUT2D eigenvalue weighted by Gasteiger charge is 2.35. The standard InChI is InChI=1S/C48H58N4O/c1-11-32-23-31(7)24-33(12-2)46(32)47-41(13-3)50-52(42(47)14-4)36-26-35(48(8,9)10)27-38(28-36)53-37-19-20-40-39-17-15-16-18-43(39)51(44(40)29-37)45-25-34(30(5)6)21-22-49-45/h15-23,25-31,33,46H,11-14,24H2,1-10H3/t31-,33?,46-/m0/s1.